The molecule has 5 nitrogen and oxygen atoms in total. The number of hydrogen-bond donors (Lipinski definition) is 3. The van der Waals surface area contributed by atoms with Crippen molar-refractivity contribution in [3.8, 4) is 0 Å². The van der Waals surface area contributed by atoms with E-state index in [1.54, 1.807) is 0 Å². The van der Waals surface area contributed by atoms with Crippen LogP contribution in [0.15, 0.2) is 12.2 Å². The summed E-state index contributed by atoms with van der Waals surface area (Å²) in [6, 6.07) is -0.413. The average molecular weight is 237 g/mol. The zero-order valence-electron chi connectivity index (χ0n) is 9.82. The molecule has 1 aliphatic heterocycles. The Morgan fingerprint density at radius 2 is 2.24 bits per heavy atom. The number of hydrogen-bond acceptors (Lipinski definition) is 3. The van der Waals surface area contributed by atoms with Gasteiger partial charge in [-0.3, -0.25) is 9.59 Å². The van der Waals surface area contributed by atoms with Gasteiger partial charge in [0.25, 0.3) is 0 Å². The Kier molecular flexibility index (Phi) is 3.78. The first-order valence-electron chi connectivity index (χ1n) is 6.19. The number of carbonyl (C=O) groups is 2. The molecule has 3 unspecified atom stereocenters. The second-order valence-corrected chi connectivity index (χ2v) is 4.74. The molecule has 0 spiro atoms. The molecule has 1 aliphatic carbocycles. The van der Waals surface area contributed by atoms with Gasteiger partial charge >= 0.3 is 0 Å². The van der Waals surface area contributed by atoms with E-state index in [0.29, 0.717) is 13.0 Å². The first-order valence-corrected chi connectivity index (χ1v) is 6.19. The van der Waals surface area contributed by atoms with E-state index in [2.05, 4.69) is 10.6 Å². The van der Waals surface area contributed by atoms with Crippen molar-refractivity contribution in [3.05, 3.63) is 12.2 Å². The van der Waals surface area contributed by atoms with Crippen LogP contribution in [0.25, 0.3) is 0 Å². The lowest BCUT2D eigenvalue weighted by atomic mass is 10.1. The third-order valence-corrected chi connectivity index (χ3v) is 3.31. The fourth-order valence-electron chi connectivity index (χ4n) is 2.28. The Labute approximate surface area is 101 Å². The summed E-state index contributed by atoms with van der Waals surface area (Å²) >= 11 is 0. The van der Waals surface area contributed by atoms with Crippen molar-refractivity contribution in [2.75, 3.05) is 6.54 Å². The van der Waals surface area contributed by atoms with Crippen LogP contribution in [0.4, 0.5) is 0 Å². The lowest BCUT2D eigenvalue weighted by Crippen LogP contribution is -2.47. The van der Waals surface area contributed by atoms with Crippen molar-refractivity contribution < 1.29 is 9.59 Å². The molecule has 0 bridgehead atoms. The minimum Gasteiger partial charge on any atom is -0.354 e. The van der Waals surface area contributed by atoms with E-state index in [9.17, 15) is 9.59 Å². The van der Waals surface area contributed by atoms with E-state index in [-0.39, 0.29) is 29.8 Å². The lowest BCUT2D eigenvalue weighted by Gasteiger charge is -2.17. The van der Waals surface area contributed by atoms with Crippen LogP contribution < -0.4 is 16.4 Å². The van der Waals surface area contributed by atoms with E-state index >= 15 is 0 Å². The molecule has 2 amide bonds. The van der Waals surface area contributed by atoms with E-state index in [4.69, 9.17) is 5.73 Å². The van der Waals surface area contributed by atoms with Crippen molar-refractivity contribution in [2.45, 2.75) is 37.8 Å². The molecule has 0 aromatic carbocycles. The van der Waals surface area contributed by atoms with Gasteiger partial charge in [0, 0.05) is 12.6 Å². The summed E-state index contributed by atoms with van der Waals surface area (Å²) in [5.74, 6) is -0.334. The second kappa shape index (κ2) is 5.31. The van der Waals surface area contributed by atoms with Crippen LogP contribution >= 0.6 is 0 Å². The van der Waals surface area contributed by atoms with Crippen molar-refractivity contribution in [1.82, 2.24) is 10.6 Å². The van der Waals surface area contributed by atoms with Gasteiger partial charge in [-0.25, -0.2) is 0 Å². The van der Waals surface area contributed by atoms with Gasteiger partial charge in [0.05, 0.1) is 5.92 Å². The molecule has 3 atom stereocenters. The molecule has 0 aromatic rings. The number of carbonyl (C=O) groups excluding carboxylic acids is 2. The van der Waals surface area contributed by atoms with Crippen LogP contribution in [-0.2, 0) is 9.59 Å². The van der Waals surface area contributed by atoms with Crippen LogP contribution in [0.1, 0.15) is 25.7 Å². The summed E-state index contributed by atoms with van der Waals surface area (Å²) in [6.45, 7) is 0.708. The number of nitrogens with one attached hydrogen (secondary N) is 2. The van der Waals surface area contributed by atoms with Crippen molar-refractivity contribution in [3.63, 3.8) is 0 Å². The Hall–Kier alpha value is -1.36. The predicted molar refractivity (Wildman–Crippen MR) is 64.0 cm³/mol. The zero-order valence-corrected chi connectivity index (χ0v) is 9.82. The third kappa shape index (κ3) is 3.06. The normalized spacial score (nSPS) is 33.0. The van der Waals surface area contributed by atoms with Gasteiger partial charge in [-0.15, -0.1) is 0 Å². The molecular formula is C12H19N3O2. The Bertz CT molecular complexity index is 341. The Morgan fingerprint density at radius 1 is 1.41 bits per heavy atom. The standard InChI is InChI=1S/C12H19N3O2/c13-9-5-4-8(7-9)11(16)15-10-3-1-2-6-14-12(10)17/h4-5,8-10H,1-3,6-7,13H2,(H,14,17)(H,15,16). The van der Waals surface area contributed by atoms with Crippen LogP contribution in [0.3, 0.4) is 0 Å². The summed E-state index contributed by atoms with van der Waals surface area (Å²) in [4.78, 5) is 23.6. The van der Waals surface area contributed by atoms with Gasteiger partial charge in [0.15, 0.2) is 0 Å². The highest BCUT2D eigenvalue weighted by Gasteiger charge is 2.27. The summed E-state index contributed by atoms with van der Waals surface area (Å²) in [7, 11) is 0. The van der Waals surface area contributed by atoms with E-state index in [1.165, 1.54) is 0 Å². The highest BCUT2D eigenvalue weighted by molar-refractivity contribution is 5.89. The first kappa shape index (κ1) is 12.1. The third-order valence-electron chi connectivity index (χ3n) is 3.31. The van der Waals surface area contributed by atoms with Crippen LogP contribution in [0, 0.1) is 5.92 Å². The highest BCUT2D eigenvalue weighted by atomic mass is 16.2. The predicted octanol–water partition coefficient (Wildman–Crippen LogP) is -0.325. The molecule has 4 N–H and O–H groups in total. The van der Waals surface area contributed by atoms with Gasteiger partial charge < -0.3 is 16.4 Å². The Morgan fingerprint density at radius 3 is 2.94 bits per heavy atom. The van der Waals surface area contributed by atoms with E-state index in [0.717, 1.165) is 19.3 Å². The van der Waals surface area contributed by atoms with Crippen LogP contribution in [0.2, 0.25) is 0 Å². The summed E-state index contributed by atoms with van der Waals surface area (Å²) < 4.78 is 0. The van der Waals surface area contributed by atoms with E-state index < -0.39 is 0 Å². The minimum absolute atomic E-state index is 0.0336. The molecule has 0 aromatic heterocycles. The number of rotatable bonds is 2. The number of nitrogens with two attached hydrogens (primary N) is 1. The van der Waals surface area contributed by atoms with Gasteiger partial charge in [-0.05, 0) is 25.7 Å². The SMILES string of the molecule is NC1C=CC(C(=O)NC2CCCCNC2=O)C1. The molecule has 94 valence electrons. The molecule has 0 saturated carbocycles. The summed E-state index contributed by atoms with van der Waals surface area (Å²) in [5, 5.41) is 5.62. The second-order valence-electron chi connectivity index (χ2n) is 4.74. The molecule has 5 heteroatoms. The molecule has 2 aliphatic rings. The smallest absolute Gasteiger partial charge is 0.242 e. The largest absolute Gasteiger partial charge is 0.354 e. The van der Waals surface area contributed by atoms with Gasteiger partial charge in [-0.2, -0.15) is 0 Å². The fourth-order valence-corrected chi connectivity index (χ4v) is 2.28. The maximum Gasteiger partial charge on any atom is 0.242 e. The maximum atomic E-state index is 11.9. The van der Waals surface area contributed by atoms with Crippen molar-refractivity contribution in [1.29, 1.82) is 0 Å². The monoisotopic (exact) mass is 237 g/mol. The van der Waals surface area contributed by atoms with E-state index in [1.807, 2.05) is 12.2 Å². The molecular weight excluding hydrogens is 218 g/mol. The molecule has 1 fully saturated rings. The quantitative estimate of drug-likeness (QED) is 0.575. The van der Waals surface area contributed by atoms with Gasteiger partial charge in [-0.1, -0.05) is 12.2 Å². The molecule has 1 heterocycles. The highest BCUT2D eigenvalue weighted by Crippen LogP contribution is 2.17. The van der Waals surface area contributed by atoms with Gasteiger partial charge in [0.2, 0.25) is 11.8 Å². The fraction of sp³-hybridized carbons (Fsp3) is 0.667. The molecule has 17 heavy (non-hydrogen) atoms. The van der Waals surface area contributed by atoms with Crippen LogP contribution in [-0.4, -0.2) is 30.4 Å². The molecule has 2 rings (SSSR count). The van der Waals surface area contributed by atoms with Crippen LogP contribution in [0.5, 0.6) is 0 Å². The zero-order chi connectivity index (χ0) is 12.3. The average Bonchev–Trinajstić information content (AvgIpc) is 2.63. The Balaban J connectivity index is 1.89. The molecule has 0 radical (unpaired) electrons. The lowest BCUT2D eigenvalue weighted by molar-refractivity contribution is -0.130. The first-order chi connectivity index (χ1) is 8.16. The maximum absolute atomic E-state index is 11.9. The van der Waals surface area contributed by atoms with Gasteiger partial charge in [0.1, 0.15) is 6.04 Å². The van der Waals surface area contributed by atoms with Crippen molar-refractivity contribution >= 4 is 11.8 Å². The van der Waals surface area contributed by atoms with Crippen molar-refractivity contribution in [2.24, 2.45) is 11.7 Å². The minimum atomic E-state index is -0.379. The topological polar surface area (TPSA) is 84.2 Å². The molecule has 1 saturated heterocycles. The summed E-state index contributed by atoms with van der Waals surface area (Å²) in [6.07, 6.45) is 6.97. The summed E-state index contributed by atoms with van der Waals surface area (Å²) in [5.41, 5.74) is 5.70. The number of amides is 2.